The highest BCUT2D eigenvalue weighted by atomic mass is 79.9. The van der Waals surface area contributed by atoms with E-state index in [9.17, 15) is 0 Å². The summed E-state index contributed by atoms with van der Waals surface area (Å²) in [7, 11) is 2.20. The molecule has 1 saturated heterocycles. The van der Waals surface area contributed by atoms with Crippen molar-refractivity contribution in [3.8, 4) is 5.75 Å². The van der Waals surface area contributed by atoms with E-state index >= 15 is 0 Å². The Bertz CT molecular complexity index is 417. The predicted molar refractivity (Wildman–Crippen MR) is 87.5 cm³/mol. The number of halogens is 1. The summed E-state index contributed by atoms with van der Waals surface area (Å²) in [5, 5.41) is 0. The van der Waals surface area contributed by atoms with Gasteiger partial charge in [-0.3, -0.25) is 0 Å². The number of unbranched alkanes of at least 4 members (excludes halogenated alkanes) is 1. The number of hydrogen-bond acceptors (Lipinski definition) is 3. The van der Waals surface area contributed by atoms with Gasteiger partial charge in [0.15, 0.2) is 0 Å². The van der Waals surface area contributed by atoms with Gasteiger partial charge in [-0.05, 0) is 57.1 Å². The first-order valence-electron chi connectivity index (χ1n) is 7.45. The molecule has 0 unspecified atom stereocenters. The first kappa shape index (κ1) is 15.8. The summed E-state index contributed by atoms with van der Waals surface area (Å²) in [5.41, 5.74) is 1.19. The molecule has 0 bridgehead atoms. The molecule has 1 fully saturated rings. The van der Waals surface area contributed by atoms with Crippen molar-refractivity contribution in [2.75, 3.05) is 46.4 Å². The first-order chi connectivity index (χ1) is 9.65. The van der Waals surface area contributed by atoms with E-state index in [0.29, 0.717) is 0 Å². The van der Waals surface area contributed by atoms with E-state index in [1.807, 2.05) is 12.1 Å². The minimum absolute atomic E-state index is 0.816. The van der Waals surface area contributed by atoms with E-state index in [-0.39, 0.29) is 0 Å². The van der Waals surface area contributed by atoms with Gasteiger partial charge in [-0.25, -0.2) is 0 Å². The van der Waals surface area contributed by atoms with Crippen LogP contribution in [0, 0.1) is 6.92 Å². The van der Waals surface area contributed by atoms with Crippen LogP contribution in [-0.2, 0) is 0 Å². The van der Waals surface area contributed by atoms with Crippen molar-refractivity contribution in [3.63, 3.8) is 0 Å². The molecule has 20 heavy (non-hydrogen) atoms. The zero-order valence-corrected chi connectivity index (χ0v) is 14.2. The third kappa shape index (κ3) is 5.08. The molecule has 2 rings (SSSR count). The number of benzene rings is 1. The van der Waals surface area contributed by atoms with Crippen LogP contribution in [0.15, 0.2) is 22.7 Å². The lowest BCUT2D eigenvalue weighted by molar-refractivity contribution is 0.150. The fourth-order valence-electron chi connectivity index (χ4n) is 2.47. The van der Waals surface area contributed by atoms with Crippen molar-refractivity contribution in [1.82, 2.24) is 9.80 Å². The molecule has 1 heterocycles. The fraction of sp³-hybridized carbons (Fsp3) is 0.625. The van der Waals surface area contributed by atoms with Crippen LogP contribution in [0.4, 0.5) is 0 Å². The SMILES string of the molecule is Cc1cc(Br)ccc1OCCCCN1CCN(C)CC1. The van der Waals surface area contributed by atoms with Gasteiger partial charge in [-0.2, -0.15) is 0 Å². The second-order valence-electron chi connectivity index (χ2n) is 5.61. The van der Waals surface area contributed by atoms with Gasteiger partial charge in [-0.15, -0.1) is 0 Å². The molecule has 1 aromatic rings. The lowest BCUT2D eigenvalue weighted by atomic mass is 10.2. The molecule has 0 atom stereocenters. The number of piperazine rings is 1. The zero-order chi connectivity index (χ0) is 14.4. The third-order valence-corrected chi connectivity index (χ3v) is 4.35. The van der Waals surface area contributed by atoms with Crippen LogP contribution >= 0.6 is 15.9 Å². The van der Waals surface area contributed by atoms with Crippen LogP contribution in [0.3, 0.4) is 0 Å². The lowest BCUT2D eigenvalue weighted by Crippen LogP contribution is -2.44. The molecule has 0 amide bonds. The van der Waals surface area contributed by atoms with Gasteiger partial charge in [-0.1, -0.05) is 15.9 Å². The van der Waals surface area contributed by atoms with Crippen LogP contribution in [-0.4, -0.2) is 56.2 Å². The van der Waals surface area contributed by atoms with Crippen molar-refractivity contribution in [3.05, 3.63) is 28.2 Å². The molecule has 3 nitrogen and oxygen atoms in total. The summed E-state index contributed by atoms with van der Waals surface area (Å²) in [6.07, 6.45) is 2.35. The Labute approximate surface area is 131 Å². The van der Waals surface area contributed by atoms with Gasteiger partial charge in [0.05, 0.1) is 6.61 Å². The molecule has 0 spiro atoms. The monoisotopic (exact) mass is 340 g/mol. The minimum Gasteiger partial charge on any atom is -0.493 e. The van der Waals surface area contributed by atoms with E-state index in [2.05, 4.69) is 45.8 Å². The maximum absolute atomic E-state index is 5.85. The van der Waals surface area contributed by atoms with Gasteiger partial charge in [0.1, 0.15) is 5.75 Å². The zero-order valence-electron chi connectivity index (χ0n) is 12.6. The van der Waals surface area contributed by atoms with Crippen molar-refractivity contribution in [2.24, 2.45) is 0 Å². The molecular weight excluding hydrogens is 316 g/mol. The molecule has 0 radical (unpaired) electrons. The van der Waals surface area contributed by atoms with E-state index in [4.69, 9.17) is 4.74 Å². The summed E-state index contributed by atoms with van der Waals surface area (Å²) >= 11 is 3.47. The topological polar surface area (TPSA) is 15.7 Å². The van der Waals surface area contributed by atoms with Gasteiger partial charge in [0.2, 0.25) is 0 Å². The Balaban J connectivity index is 1.59. The quantitative estimate of drug-likeness (QED) is 0.740. The largest absolute Gasteiger partial charge is 0.493 e. The number of likely N-dealkylation sites (N-methyl/N-ethyl adjacent to an activating group) is 1. The number of nitrogens with zero attached hydrogens (tertiary/aromatic N) is 2. The van der Waals surface area contributed by atoms with Crippen LogP contribution in [0.5, 0.6) is 5.75 Å². The molecular formula is C16H25BrN2O. The standard InChI is InChI=1S/C16H25BrN2O/c1-14-13-15(17)5-6-16(14)20-12-4-3-7-19-10-8-18(2)9-11-19/h5-6,13H,3-4,7-12H2,1-2H3. The molecule has 4 heteroatoms. The van der Waals surface area contributed by atoms with Crippen LogP contribution < -0.4 is 4.74 Å². The summed E-state index contributed by atoms with van der Waals surface area (Å²) in [6.45, 7) is 8.94. The van der Waals surface area contributed by atoms with E-state index in [1.165, 1.54) is 44.7 Å². The molecule has 0 aromatic heterocycles. The van der Waals surface area contributed by atoms with E-state index < -0.39 is 0 Å². The highest BCUT2D eigenvalue weighted by Gasteiger charge is 2.12. The first-order valence-corrected chi connectivity index (χ1v) is 8.24. The molecule has 1 aliphatic heterocycles. The predicted octanol–water partition coefficient (Wildman–Crippen LogP) is 3.16. The Hall–Kier alpha value is -0.580. The Morgan fingerprint density at radius 3 is 2.60 bits per heavy atom. The second-order valence-corrected chi connectivity index (χ2v) is 6.53. The van der Waals surface area contributed by atoms with Gasteiger partial charge in [0, 0.05) is 30.7 Å². The Morgan fingerprint density at radius 1 is 1.15 bits per heavy atom. The summed E-state index contributed by atoms with van der Waals surface area (Å²) in [5.74, 6) is 1.01. The third-order valence-electron chi connectivity index (χ3n) is 3.86. The smallest absolute Gasteiger partial charge is 0.122 e. The molecule has 0 saturated carbocycles. The Morgan fingerprint density at radius 2 is 1.90 bits per heavy atom. The second kappa shape index (κ2) is 8.01. The molecule has 112 valence electrons. The van der Waals surface area contributed by atoms with Crippen molar-refractivity contribution < 1.29 is 4.74 Å². The fourth-order valence-corrected chi connectivity index (χ4v) is 2.94. The summed E-state index contributed by atoms with van der Waals surface area (Å²) < 4.78 is 6.96. The number of ether oxygens (including phenoxy) is 1. The van der Waals surface area contributed by atoms with Crippen molar-refractivity contribution >= 4 is 15.9 Å². The van der Waals surface area contributed by atoms with E-state index in [0.717, 1.165) is 23.2 Å². The molecule has 0 N–H and O–H groups in total. The highest BCUT2D eigenvalue weighted by Crippen LogP contribution is 2.22. The van der Waals surface area contributed by atoms with Crippen LogP contribution in [0.2, 0.25) is 0 Å². The normalized spacial score (nSPS) is 17.4. The average Bonchev–Trinajstić information content (AvgIpc) is 2.42. The summed E-state index contributed by atoms with van der Waals surface area (Å²) in [4.78, 5) is 4.96. The average molecular weight is 341 g/mol. The van der Waals surface area contributed by atoms with Crippen molar-refractivity contribution in [1.29, 1.82) is 0 Å². The number of hydrogen-bond donors (Lipinski definition) is 0. The summed E-state index contributed by atoms with van der Waals surface area (Å²) in [6, 6.07) is 6.17. The molecule has 1 aliphatic rings. The number of rotatable bonds is 6. The highest BCUT2D eigenvalue weighted by molar-refractivity contribution is 9.10. The van der Waals surface area contributed by atoms with Gasteiger partial charge < -0.3 is 14.5 Å². The van der Waals surface area contributed by atoms with Crippen LogP contribution in [0.1, 0.15) is 18.4 Å². The lowest BCUT2D eigenvalue weighted by Gasteiger charge is -2.32. The van der Waals surface area contributed by atoms with E-state index in [1.54, 1.807) is 0 Å². The van der Waals surface area contributed by atoms with Gasteiger partial charge >= 0.3 is 0 Å². The maximum Gasteiger partial charge on any atom is 0.122 e. The minimum atomic E-state index is 0.816. The van der Waals surface area contributed by atoms with Crippen molar-refractivity contribution in [2.45, 2.75) is 19.8 Å². The van der Waals surface area contributed by atoms with Crippen LogP contribution in [0.25, 0.3) is 0 Å². The maximum atomic E-state index is 5.85. The molecule has 0 aliphatic carbocycles. The van der Waals surface area contributed by atoms with Gasteiger partial charge in [0.25, 0.3) is 0 Å². The molecule has 1 aromatic carbocycles. The Kier molecular flexibility index (Phi) is 6.33. The number of aryl methyl sites for hydroxylation is 1.